The third kappa shape index (κ3) is 4.44. The third-order valence-corrected chi connectivity index (χ3v) is 5.98. The SMILES string of the molecule is O=C(Nc1ccc(N2CCOCC2)cc1)C1CCCN(c2cnc3nccnc3c2)C1. The van der Waals surface area contributed by atoms with E-state index < -0.39 is 0 Å². The lowest BCUT2D eigenvalue weighted by Gasteiger charge is -2.33. The molecule has 8 heteroatoms. The van der Waals surface area contributed by atoms with Gasteiger partial charge < -0.3 is 19.9 Å². The van der Waals surface area contributed by atoms with Crippen LogP contribution in [0.2, 0.25) is 0 Å². The van der Waals surface area contributed by atoms with Crippen LogP contribution in [0, 0.1) is 5.92 Å². The van der Waals surface area contributed by atoms with Gasteiger partial charge in [-0.15, -0.1) is 0 Å². The van der Waals surface area contributed by atoms with Gasteiger partial charge in [0.1, 0.15) is 5.52 Å². The van der Waals surface area contributed by atoms with E-state index in [1.165, 1.54) is 0 Å². The number of piperidine rings is 1. The molecule has 5 rings (SSSR count). The highest BCUT2D eigenvalue weighted by Gasteiger charge is 2.26. The average Bonchev–Trinajstić information content (AvgIpc) is 2.85. The highest BCUT2D eigenvalue weighted by molar-refractivity contribution is 5.93. The molecule has 0 spiro atoms. The normalized spacial score (nSPS) is 19.4. The van der Waals surface area contributed by atoms with Crippen LogP contribution >= 0.6 is 0 Å². The molecule has 2 aromatic heterocycles. The fourth-order valence-corrected chi connectivity index (χ4v) is 4.27. The van der Waals surface area contributed by atoms with Crippen molar-refractivity contribution in [2.45, 2.75) is 12.8 Å². The number of amides is 1. The first-order valence-corrected chi connectivity index (χ1v) is 10.8. The van der Waals surface area contributed by atoms with Crippen LogP contribution in [0.4, 0.5) is 17.1 Å². The topological polar surface area (TPSA) is 83.5 Å². The number of ether oxygens (including phenoxy) is 1. The largest absolute Gasteiger partial charge is 0.378 e. The maximum Gasteiger partial charge on any atom is 0.229 e. The van der Waals surface area contributed by atoms with Crippen molar-refractivity contribution in [3.05, 3.63) is 48.9 Å². The van der Waals surface area contributed by atoms with Crippen molar-refractivity contribution in [2.24, 2.45) is 5.92 Å². The first-order chi connectivity index (χ1) is 15.3. The van der Waals surface area contributed by atoms with E-state index in [1.54, 1.807) is 12.4 Å². The number of morpholine rings is 1. The minimum Gasteiger partial charge on any atom is -0.378 e. The summed E-state index contributed by atoms with van der Waals surface area (Å²) >= 11 is 0. The zero-order valence-corrected chi connectivity index (χ0v) is 17.4. The minimum atomic E-state index is -0.0646. The molecule has 2 saturated heterocycles. The standard InChI is InChI=1S/C23H26N6O2/c30-23(27-18-3-5-19(6-4-18)28-10-12-31-13-11-28)17-2-1-9-29(16-17)20-14-21-22(26-15-20)25-8-7-24-21/h3-8,14-15,17H,1-2,9-13,16H2,(H,27,30). The number of carbonyl (C=O) groups is 1. The molecule has 2 aliphatic rings. The highest BCUT2D eigenvalue weighted by atomic mass is 16.5. The van der Waals surface area contributed by atoms with E-state index in [4.69, 9.17) is 4.74 Å². The minimum absolute atomic E-state index is 0.0646. The van der Waals surface area contributed by atoms with E-state index in [9.17, 15) is 4.79 Å². The maximum atomic E-state index is 12.9. The van der Waals surface area contributed by atoms with Crippen molar-refractivity contribution in [1.29, 1.82) is 0 Å². The molecule has 2 aliphatic heterocycles. The quantitative estimate of drug-likeness (QED) is 0.697. The number of rotatable bonds is 4. The molecule has 1 unspecified atom stereocenters. The van der Waals surface area contributed by atoms with Crippen molar-refractivity contribution < 1.29 is 9.53 Å². The second kappa shape index (κ2) is 8.85. The number of fused-ring (bicyclic) bond motifs is 1. The van der Waals surface area contributed by atoms with E-state index >= 15 is 0 Å². The van der Waals surface area contributed by atoms with Gasteiger partial charge in [0.25, 0.3) is 0 Å². The molecule has 2 fully saturated rings. The first kappa shape index (κ1) is 19.7. The Morgan fingerprint density at radius 1 is 0.968 bits per heavy atom. The number of carbonyl (C=O) groups excluding carboxylic acids is 1. The zero-order valence-electron chi connectivity index (χ0n) is 17.4. The van der Waals surface area contributed by atoms with Gasteiger partial charge in [-0.05, 0) is 43.2 Å². The number of hydrogen-bond donors (Lipinski definition) is 1. The summed E-state index contributed by atoms with van der Waals surface area (Å²) in [4.78, 5) is 30.4. The van der Waals surface area contributed by atoms with Crippen LogP contribution in [-0.2, 0) is 9.53 Å². The molecule has 1 atom stereocenters. The second-order valence-corrected chi connectivity index (χ2v) is 8.01. The Morgan fingerprint density at radius 3 is 2.61 bits per heavy atom. The van der Waals surface area contributed by atoms with E-state index in [0.29, 0.717) is 12.2 Å². The van der Waals surface area contributed by atoms with Gasteiger partial charge >= 0.3 is 0 Å². The smallest absolute Gasteiger partial charge is 0.229 e. The Balaban J connectivity index is 1.23. The average molecular weight is 419 g/mol. The monoisotopic (exact) mass is 418 g/mol. The number of hydrogen-bond acceptors (Lipinski definition) is 7. The van der Waals surface area contributed by atoms with Gasteiger partial charge in [-0.25, -0.2) is 9.97 Å². The number of benzene rings is 1. The number of aromatic nitrogens is 3. The summed E-state index contributed by atoms with van der Waals surface area (Å²) in [7, 11) is 0. The Labute approximate surface area is 181 Å². The number of nitrogens with one attached hydrogen (secondary N) is 1. The molecule has 1 N–H and O–H groups in total. The van der Waals surface area contributed by atoms with E-state index in [-0.39, 0.29) is 11.8 Å². The van der Waals surface area contributed by atoms with E-state index in [0.717, 1.165) is 68.3 Å². The lowest BCUT2D eigenvalue weighted by atomic mass is 9.96. The Morgan fingerprint density at radius 2 is 1.77 bits per heavy atom. The van der Waals surface area contributed by atoms with Crippen molar-refractivity contribution in [2.75, 3.05) is 54.5 Å². The van der Waals surface area contributed by atoms with Crippen LogP contribution < -0.4 is 15.1 Å². The Kier molecular flexibility index (Phi) is 5.62. The lowest BCUT2D eigenvalue weighted by molar-refractivity contribution is -0.120. The van der Waals surface area contributed by atoms with E-state index in [2.05, 4.69) is 42.2 Å². The predicted octanol–water partition coefficient (Wildman–Crippen LogP) is 2.72. The van der Waals surface area contributed by atoms with Gasteiger partial charge in [-0.2, -0.15) is 0 Å². The highest BCUT2D eigenvalue weighted by Crippen LogP contribution is 2.26. The second-order valence-electron chi connectivity index (χ2n) is 8.01. The van der Waals surface area contributed by atoms with Gasteiger partial charge in [0.2, 0.25) is 5.91 Å². The summed E-state index contributed by atoms with van der Waals surface area (Å²) in [5, 5.41) is 3.10. The van der Waals surface area contributed by atoms with Crippen LogP contribution in [0.25, 0.3) is 11.2 Å². The summed E-state index contributed by atoms with van der Waals surface area (Å²) in [5.41, 5.74) is 4.39. The third-order valence-electron chi connectivity index (χ3n) is 5.98. The van der Waals surface area contributed by atoms with Crippen LogP contribution in [0.5, 0.6) is 0 Å². The molecule has 0 bridgehead atoms. The van der Waals surface area contributed by atoms with Crippen LogP contribution in [-0.4, -0.2) is 60.3 Å². The summed E-state index contributed by atoms with van der Waals surface area (Å²) in [5.74, 6) is 0.00240. The molecule has 31 heavy (non-hydrogen) atoms. The Bertz CT molecular complexity index is 1050. The lowest BCUT2D eigenvalue weighted by Crippen LogP contribution is -2.40. The van der Waals surface area contributed by atoms with Gasteiger partial charge in [0, 0.05) is 49.9 Å². The molecule has 160 valence electrons. The molecular weight excluding hydrogens is 392 g/mol. The van der Waals surface area contributed by atoms with Crippen molar-refractivity contribution in [3.8, 4) is 0 Å². The molecule has 1 amide bonds. The first-order valence-electron chi connectivity index (χ1n) is 10.8. The summed E-state index contributed by atoms with van der Waals surface area (Å²) < 4.78 is 5.41. The van der Waals surface area contributed by atoms with Crippen LogP contribution in [0.1, 0.15) is 12.8 Å². The number of pyridine rings is 1. The van der Waals surface area contributed by atoms with Crippen molar-refractivity contribution in [1.82, 2.24) is 15.0 Å². The zero-order chi connectivity index (χ0) is 21.0. The van der Waals surface area contributed by atoms with Gasteiger partial charge in [-0.1, -0.05) is 0 Å². The maximum absolute atomic E-state index is 12.9. The molecule has 0 aliphatic carbocycles. The molecule has 1 aromatic carbocycles. The van der Waals surface area contributed by atoms with Crippen LogP contribution in [0.3, 0.4) is 0 Å². The summed E-state index contributed by atoms with van der Waals surface area (Å²) in [6.45, 7) is 4.90. The predicted molar refractivity (Wildman–Crippen MR) is 120 cm³/mol. The van der Waals surface area contributed by atoms with Gasteiger partial charge in [-0.3, -0.25) is 9.78 Å². The molecular formula is C23H26N6O2. The number of nitrogens with zero attached hydrogens (tertiary/aromatic N) is 5. The Hall–Kier alpha value is -3.26. The number of anilines is 3. The summed E-state index contributed by atoms with van der Waals surface area (Å²) in [6, 6.07) is 10.1. The molecule has 4 heterocycles. The molecule has 0 radical (unpaired) electrons. The fraction of sp³-hybridized carbons (Fsp3) is 0.391. The van der Waals surface area contributed by atoms with E-state index in [1.807, 2.05) is 24.4 Å². The van der Waals surface area contributed by atoms with Gasteiger partial charge in [0.15, 0.2) is 5.65 Å². The molecule has 0 saturated carbocycles. The van der Waals surface area contributed by atoms with Crippen LogP contribution in [0.15, 0.2) is 48.9 Å². The van der Waals surface area contributed by atoms with Crippen molar-refractivity contribution >= 4 is 34.1 Å². The molecule has 3 aromatic rings. The molecule has 8 nitrogen and oxygen atoms in total. The van der Waals surface area contributed by atoms with Crippen molar-refractivity contribution in [3.63, 3.8) is 0 Å². The van der Waals surface area contributed by atoms with Gasteiger partial charge in [0.05, 0.1) is 31.0 Å². The fourth-order valence-electron chi connectivity index (χ4n) is 4.27. The summed E-state index contributed by atoms with van der Waals surface area (Å²) in [6.07, 6.45) is 6.98.